The van der Waals surface area contributed by atoms with Crippen molar-refractivity contribution in [2.24, 2.45) is 0 Å². The highest BCUT2D eigenvalue weighted by Crippen LogP contribution is 2.41. The van der Waals surface area contributed by atoms with Crippen LogP contribution in [0.15, 0.2) is 65.9 Å². The Morgan fingerprint density at radius 3 is 2.23 bits per heavy atom. The molecule has 0 amide bonds. The van der Waals surface area contributed by atoms with Crippen LogP contribution in [0.3, 0.4) is 0 Å². The minimum atomic E-state index is 0.719. The maximum absolute atomic E-state index is 3.59. The van der Waals surface area contributed by atoms with Gasteiger partial charge in [0, 0.05) is 11.4 Å². The van der Waals surface area contributed by atoms with Crippen LogP contribution < -0.4 is 5.32 Å². The smallest absolute Gasteiger partial charge is 0.0381 e. The summed E-state index contributed by atoms with van der Waals surface area (Å²) in [6.45, 7) is 4.40. The van der Waals surface area contributed by atoms with Crippen molar-refractivity contribution in [3.63, 3.8) is 0 Å². The van der Waals surface area contributed by atoms with Crippen LogP contribution in [0, 0.1) is 0 Å². The molecule has 2 aromatic carbocycles. The molecule has 26 heavy (non-hydrogen) atoms. The summed E-state index contributed by atoms with van der Waals surface area (Å²) in [5, 5.41) is 3.59. The van der Waals surface area contributed by atoms with Gasteiger partial charge in [-0.15, -0.1) is 0 Å². The lowest BCUT2D eigenvalue weighted by molar-refractivity contribution is 0.396. The molecule has 2 aromatic rings. The van der Waals surface area contributed by atoms with Crippen LogP contribution in [-0.4, -0.2) is 0 Å². The molecule has 0 saturated heterocycles. The molecule has 4 aliphatic rings. The summed E-state index contributed by atoms with van der Waals surface area (Å²) in [6, 6.07) is 18.3. The molecule has 3 heterocycles. The molecular formula is C25H29N. The van der Waals surface area contributed by atoms with E-state index in [0.717, 1.165) is 18.3 Å². The topological polar surface area (TPSA) is 12.0 Å². The van der Waals surface area contributed by atoms with E-state index in [1.807, 2.05) is 0 Å². The zero-order valence-corrected chi connectivity index (χ0v) is 16.0. The zero-order chi connectivity index (χ0) is 17.9. The fourth-order valence-electron chi connectivity index (χ4n) is 4.52. The van der Waals surface area contributed by atoms with E-state index >= 15 is 0 Å². The van der Waals surface area contributed by atoms with Crippen LogP contribution in [0.25, 0.3) is 6.08 Å². The molecule has 0 spiro atoms. The molecule has 1 N–H and O–H groups in total. The Labute approximate surface area is 157 Å². The third kappa shape index (κ3) is 3.62. The molecule has 3 aliphatic heterocycles. The molecule has 0 radical (unpaired) electrons. The summed E-state index contributed by atoms with van der Waals surface area (Å²) in [5.41, 5.74) is 8.12. The average molecular weight is 344 g/mol. The van der Waals surface area contributed by atoms with Gasteiger partial charge in [0.2, 0.25) is 0 Å². The molecule has 1 aliphatic carbocycles. The number of hydrogen-bond acceptors (Lipinski definition) is 1. The maximum Gasteiger partial charge on any atom is 0.0381 e. The van der Waals surface area contributed by atoms with Crippen molar-refractivity contribution in [1.29, 1.82) is 0 Å². The SMILES string of the molecule is CCC1=C(C)Nc2ccc(cc2)C2CCC(CC2)c2cccc(c2)C=C1. The molecule has 1 heteroatoms. The normalized spacial score (nSPS) is 22.5. The van der Waals surface area contributed by atoms with Gasteiger partial charge in [-0.1, -0.05) is 55.5 Å². The van der Waals surface area contributed by atoms with Gasteiger partial charge in [0.05, 0.1) is 0 Å². The minimum Gasteiger partial charge on any atom is -0.359 e. The number of rotatable bonds is 1. The van der Waals surface area contributed by atoms with E-state index < -0.39 is 0 Å². The third-order valence-corrected chi connectivity index (χ3v) is 6.16. The molecule has 6 rings (SSSR count). The molecule has 0 atom stereocenters. The second kappa shape index (κ2) is 7.53. The first kappa shape index (κ1) is 17.1. The van der Waals surface area contributed by atoms with Crippen LogP contribution >= 0.6 is 0 Å². The largest absolute Gasteiger partial charge is 0.359 e. The van der Waals surface area contributed by atoms with Crippen molar-refractivity contribution < 1.29 is 0 Å². The molecule has 1 saturated carbocycles. The zero-order valence-electron chi connectivity index (χ0n) is 16.0. The molecule has 1 nitrogen and oxygen atoms in total. The quantitative estimate of drug-likeness (QED) is 0.575. The van der Waals surface area contributed by atoms with Gasteiger partial charge >= 0.3 is 0 Å². The average Bonchev–Trinajstić information content (AvgIpc) is 2.69. The molecule has 0 aromatic heterocycles. The first-order valence-electron chi connectivity index (χ1n) is 10.1. The van der Waals surface area contributed by atoms with Crippen LogP contribution in [-0.2, 0) is 0 Å². The van der Waals surface area contributed by atoms with E-state index in [2.05, 4.69) is 79.8 Å². The summed E-state index contributed by atoms with van der Waals surface area (Å²) in [4.78, 5) is 0. The lowest BCUT2D eigenvalue weighted by Gasteiger charge is -2.29. The predicted octanol–water partition coefficient (Wildman–Crippen LogP) is 7.25. The lowest BCUT2D eigenvalue weighted by Crippen LogP contribution is -2.12. The Morgan fingerprint density at radius 2 is 1.54 bits per heavy atom. The van der Waals surface area contributed by atoms with E-state index in [1.165, 1.54) is 59.3 Å². The van der Waals surface area contributed by atoms with E-state index in [1.54, 1.807) is 0 Å². The Hall–Kier alpha value is -2.28. The van der Waals surface area contributed by atoms with Crippen LogP contribution in [0.1, 0.15) is 74.5 Å². The van der Waals surface area contributed by atoms with Crippen molar-refractivity contribution in [1.82, 2.24) is 0 Å². The molecular weight excluding hydrogens is 314 g/mol. The monoisotopic (exact) mass is 343 g/mol. The van der Waals surface area contributed by atoms with Gasteiger partial charge in [0.1, 0.15) is 0 Å². The van der Waals surface area contributed by atoms with Gasteiger partial charge in [-0.2, -0.15) is 0 Å². The highest BCUT2D eigenvalue weighted by molar-refractivity contribution is 5.57. The van der Waals surface area contributed by atoms with Gasteiger partial charge in [-0.3, -0.25) is 0 Å². The molecule has 0 unspecified atom stereocenters. The Balaban J connectivity index is 1.76. The number of fused-ring (bicyclic) bond motifs is 2. The number of benzene rings is 2. The van der Waals surface area contributed by atoms with Gasteiger partial charge in [-0.25, -0.2) is 0 Å². The number of allylic oxidation sites excluding steroid dienone is 3. The van der Waals surface area contributed by atoms with Gasteiger partial charge in [0.15, 0.2) is 0 Å². The number of nitrogens with one attached hydrogen (secondary N) is 1. The summed E-state index contributed by atoms with van der Waals surface area (Å²) >= 11 is 0. The number of hydrogen-bond donors (Lipinski definition) is 1. The van der Waals surface area contributed by atoms with Crippen molar-refractivity contribution >= 4 is 11.8 Å². The first-order chi connectivity index (χ1) is 12.7. The fourth-order valence-corrected chi connectivity index (χ4v) is 4.52. The van der Waals surface area contributed by atoms with Crippen LogP contribution in [0.4, 0.5) is 5.69 Å². The van der Waals surface area contributed by atoms with Crippen LogP contribution in [0.2, 0.25) is 0 Å². The molecule has 6 bridgehead atoms. The summed E-state index contributed by atoms with van der Waals surface area (Å²) < 4.78 is 0. The van der Waals surface area contributed by atoms with Gasteiger partial charge in [0.25, 0.3) is 0 Å². The van der Waals surface area contributed by atoms with Crippen molar-refractivity contribution in [3.8, 4) is 0 Å². The first-order valence-corrected chi connectivity index (χ1v) is 10.1. The van der Waals surface area contributed by atoms with Gasteiger partial charge in [-0.05, 0) is 85.3 Å². The standard InChI is InChI=1S/C25H29N/c1-3-20-8-7-19-5-4-6-24(17-19)23-11-9-21(10-12-23)22-13-15-25(16-14-22)26-18(20)2/h4-8,13-17,21,23,26H,3,9-12H2,1-2H3. The number of anilines is 1. The maximum atomic E-state index is 3.59. The van der Waals surface area contributed by atoms with Gasteiger partial charge < -0.3 is 5.32 Å². The molecule has 1 fully saturated rings. The van der Waals surface area contributed by atoms with Crippen molar-refractivity contribution in [3.05, 3.63) is 82.6 Å². The minimum absolute atomic E-state index is 0.719. The Bertz CT molecular complexity index is 817. The van der Waals surface area contributed by atoms with Crippen molar-refractivity contribution in [2.75, 3.05) is 5.32 Å². The highest BCUT2D eigenvalue weighted by Gasteiger charge is 2.23. The van der Waals surface area contributed by atoms with E-state index in [9.17, 15) is 0 Å². The summed E-state index contributed by atoms with van der Waals surface area (Å²) in [6.07, 6.45) is 10.8. The summed E-state index contributed by atoms with van der Waals surface area (Å²) in [7, 11) is 0. The Kier molecular flexibility index (Phi) is 4.97. The molecule has 134 valence electrons. The second-order valence-corrected chi connectivity index (χ2v) is 7.80. The lowest BCUT2D eigenvalue weighted by atomic mass is 9.76. The summed E-state index contributed by atoms with van der Waals surface area (Å²) in [5.74, 6) is 1.44. The predicted molar refractivity (Wildman–Crippen MR) is 112 cm³/mol. The van der Waals surface area contributed by atoms with E-state index in [4.69, 9.17) is 0 Å². The van der Waals surface area contributed by atoms with Crippen molar-refractivity contribution in [2.45, 2.75) is 57.8 Å². The third-order valence-electron chi connectivity index (χ3n) is 6.16. The fraction of sp³-hybridized carbons (Fsp3) is 0.360. The van der Waals surface area contributed by atoms with Crippen LogP contribution in [0.5, 0.6) is 0 Å². The Morgan fingerprint density at radius 1 is 0.846 bits per heavy atom. The van der Waals surface area contributed by atoms with E-state index in [0.29, 0.717) is 0 Å². The highest BCUT2D eigenvalue weighted by atomic mass is 14.9. The second-order valence-electron chi connectivity index (χ2n) is 7.80. The van der Waals surface area contributed by atoms with E-state index in [-0.39, 0.29) is 0 Å².